The molecule has 0 aliphatic rings. The van der Waals surface area contributed by atoms with Crippen LogP contribution in [-0.2, 0) is 87.7 Å². The zero-order valence-corrected chi connectivity index (χ0v) is 37.1. The van der Waals surface area contributed by atoms with Crippen LogP contribution in [0.2, 0.25) is 0 Å². The van der Waals surface area contributed by atoms with Crippen LogP contribution in [0.4, 0.5) is 0 Å². The van der Waals surface area contributed by atoms with Gasteiger partial charge >= 0.3 is 34.1 Å². The smallest absolute Gasteiger partial charge is 0.872 e. The van der Waals surface area contributed by atoms with E-state index in [9.17, 15) is 5.11 Å². The Morgan fingerprint density at radius 2 is 0.817 bits per heavy atom. The topological polar surface area (TPSA) is 263 Å². The summed E-state index contributed by atoms with van der Waals surface area (Å²) < 4.78 is 38.8. The summed E-state index contributed by atoms with van der Waals surface area (Å²) in [4.78, 5) is 40.3. The normalized spacial score (nSPS) is 10.1. The van der Waals surface area contributed by atoms with Crippen molar-refractivity contribution in [1.29, 1.82) is 0 Å². The van der Waals surface area contributed by atoms with E-state index in [0.29, 0.717) is 39.3 Å². The third-order valence-electron chi connectivity index (χ3n) is 7.03. The van der Waals surface area contributed by atoms with Gasteiger partial charge in [0.1, 0.15) is 0 Å². The summed E-state index contributed by atoms with van der Waals surface area (Å²) in [7, 11) is -4.94. The Morgan fingerprint density at radius 1 is 0.567 bits per heavy atom. The van der Waals surface area contributed by atoms with Gasteiger partial charge in [-0.25, -0.2) is 18.6 Å². The van der Waals surface area contributed by atoms with E-state index in [-0.39, 0.29) is 39.9 Å². The van der Waals surface area contributed by atoms with Gasteiger partial charge in [0.2, 0.25) is 0 Å². The van der Waals surface area contributed by atoms with Crippen LogP contribution in [0.15, 0.2) is 110 Å². The zero-order chi connectivity index (χ0) is 43.3. The Kier molecular flexibility index (Phi) is 32.1. The molecule has 0 fully saturated rings. The van der Waals surface area contributed by atoms with E-state index in [1.807, 2.05) is 98.8 Å². The predicted molar refractivity (Wildman–Crippen MR) is 197 cm³/mol. The van der Waals surface area contributed by atoms with E-state index in [1.54, 1.807) is 24.8 Å². The van der Waals surface area contributed by atoms with Crippen molar-refractivity contribution in [3.05, 3.63) is 149 Å². The molecule has 60 heavy (non-hydrogen) atoms. The number of hydrogen-bond acceptors (Lipinski definition) is 16. The maximum atomic E-state index is 13.9. The molecule has 5 rings (SSSR count). The molecule has 5 aromatic rings. The van der Waals surface area contributed by atoms with Crippen LogP contribution in [-0.4, -0.2) is 54.9 Å². The maximum absolute atomic E-state index is 13.9. The molecule has 0 radical (unpaired) electrons. The largest absolute Gasteiger partial charge is 3.00 e. The van der Waals surface area contributed by atoms with E-state index >= 15 is 0 Å². The molecule has 0 N–H and O–H groups in total. The molecule has 0 saturated carbocycles. The second-order valence-corrected chi connectivity index (χ2v) is 12.9. The number of benzene rings is 1. The van der Waals surface area contributed by atoms with Crippen molar-refractivity contribution in [3.63, 3.8) is 0 Å². The quantitative estimate of drug-likeness (QED) is 0.119. The standard InChI is InChI=1S/C33H34N6O.C4H10O.2C2H4O2.ClHO4.2Mn/c1-26-18-27(20-38(22-29-10-2-6-14-34-29)23-30-11-3-7-15-35-30)33(40)28(19-26)21-39(24-31-12-4-8-16-36-31)25-32-13-5-9-17-37-32;1-3-5-4-2;2*1-2(3)4;2-1(3,4)5;;/h2-19,40H,20-25H2,1H3;3-4H2,1-2H3;2*1H3,(H,3,4);(H,2,3,4,5);;/q;;;;;2*+3/p-4. The number of carboxylic acids is 2. The van der Waals surface area contributed by atoms with Gasteiger partial charge in [0.05, 0.1) is 22.8 Å². The second kappa shape index (κ2) is 33.3. The number of rotatable bonds is 14. The number of aromatic nitrogens is 4. The molecule has 4 aromatic heterocycles. The fraction of sp³-hybridized carbons (Fsp3) is 0.317. The maximum Gasteiger partial charge on any atom is 3.00 e. The van der Waals surface area contributed by atoms with Crippen LogP contribution >= 0.6 is 0 Å². The number of halogens is 1. The van der Waals surface area contributed by atoms with E-state index in [0.717, 1.165) is 66.5 Å². The summed E-state index contributed by atoms with van der Waals surface area (Å²) >= 11 is 0. The number of pyridine rings is 4. The van der Waals surface area contributed by atoms with Crippen LogP contribution in [0.3, 0.4) is 0 Å². The molecular formula is C41H49ClMn2N6O10+2. The Bertz CT molecular complexity index is 1630. The van der Waals surface area contributed by atoms with Gasteiger partial charge in [0, 0.05) is 89.2 Å². The minimum Gasteiger partial charge on any atom is -0.872 e. The van der Waals surface area contributed by atoms with Gasteiger partial charge in [-0.15, -0.1) is 10.2 Å². The number of hydrogen-bond donors (Lipinski definition) is 0. The van der Waals surface area contributed by atoms with Gasteiger partial charge < -0.3 is 29.6 Å². The van der Waals surface area contributed by atoms with E-state index in [4.69, 9.17) is 43.2 Å². The Hall–Kier alpha value is -4.39. The van der Waals surface area contributed by atoms with Crippen LogP contribution < -0.4 is 34.0 Å². The Morgan fingerprint density at radius 3 is 1.00 bits per heavy atom. The van der Waals surface area contributed by atoms with Crippen molar-refractivity contribution in [2.45, 2.75) is 73.9 Å². The van der Waals surface area contributed by atoms with Crippen LogP contribution in [0.1, 0.15) is 67.2 Å². The molecule has 16 nitrogen and oxygen atoms in total. The predicted octanol–water partition coefficient (Wildman–Crippen LogP) is -1.15. The summed E-state index contributed by atoms with van der Waals surface area (Å²) in [6.07, 6.45) is 7.21. The first-order valence-electron chi connectivity index (χ1n) is 17.9. The minimum atomic E-state index is -4.94. The molecule has 4 heterocycles. The van der Waals surface area contributed by atoms with Crippen LogP contribution in [0, 0.1) is 17.2 Å². The fourth-order valence-electron chi connectivity index (χ4n) is 5.07. The third kappa shape index (κ3) is 30.6. The first-order valence-corrected chi connectivity index (χ1v) is 19.1. The van der Waals surface area contributed by atoms with Gasteiger partial charge in [-0.05, 0) is 94.3 Å². The molecule has 0 atom stereocenters. The van der Waals surface area contributed by atoms with Crippen LogP contribution in [0.25, 0.3) is 0 Å². The van der Waals surface area contributed by atoms with Crippen molar-refractivity contribution in [2.75, 3.05) is 13.2 Å². The van der Waals surface area contributed by atoms with E-state index in [2.05, 4.69) is 36.7 Å². The van der Waals surface area contributed by atoms with Crippen molar-refractivity contribution >= 4 is 11.9 Å². The molecule has 0 aliphatic carbocycles. The molecular weight excluding hydrogens is 882 g/mol. The van der Waals surface area contributed by atoms with Gasteiger partial charge in [-0.2, -0.15) is 0 Å². The number of nitrogens with zero attached hydrogens (tertiary/aromatic N) is 6. The summed E-state index contributed by atoms with van der Waals surface area (Å²) in [6.45, 7) is 13.1. The fourth-order valence-corrected chi connectivity index (χ4v) is 5.07. The van der Waals surface area contributed by atoms with Gasteiger partial charge in [-0.3, -0.25) is 29.7 Å². The minimum absolute atomic E-state index is 0. The molecule has 0 amide bonds. The van der Waals surface area contributed by atoms with Crippen molar-refractivity contribution < 1.29 is 92.7 Å². The van der Waals surface area contributed by atoms with E-state index in [1.165, 1.54) is 0 Å². The molecule has 19 heteroatoms. The second-order valence-electron chi connectivity index (χ2n) is 12.1. The Labute approximate surface area is 374 Å². The van der Waals surface area contributed by atoms with Crippen molar-refractivity contribution in [2.24, 2.45) is 0 Å². The molecule has 0 aliphatic heterocycles. The number of aryl methyl sites for hydroxylation is 1. The molecule has 0 unspecified atom stereocenters. The average Bonchev–Trinajstić information content (AvgIpc) is 3.15. The number of carbonyl (C=O) groups excluding carboxylic acids is 2. The van der Waals surface area contributed by atoms with Crippen LogP contribution in [0.5, 0.6) is 5.75 Å². The molecule has 1 aromatic carbocycles. The van der Waals surface area contributed by atoms with Crippen molar-refractivity contribution in [3.8, 4) is 5.75 Å². The average molecular weight is 931 g/mol. The summed E-state index contributed by atoms with van der Waals surface area (Å²) in [5.74, 6) is -2.09. The number of aliphatic carboxylic acids is 2. The number of carbonyl (C=O) groups is 2. The Balaban J connectivity index is 0. The molecule has 0 bridgehead atoms. The molecule has 0 spiro atoms. The number of ether oxygens (including phenoxy) is 1. The third-order valence-corrected chi connectivity index (χ3v) is 7.03. The van der Waals surface area contributed by atoms with E-state index < -0.39 is 22.2 Å². The SMILES string of the molecule is CC(=O)[O-].CC(=O)[O-].CCOCC.Cc1cc(CN(Cc2ccccn2)Cc2ccccn2)c([O-])c(CN(Cc2ccccn2)Cc2ccccn2)c1.[Mn+3].[Mn+3].[O-][Cl+3]([O-])([O-])[O-]. The number of carboxylic acid groups (broad SMARTS) is 2. The van der Waals surface area contributed by atoms with Gasteiger partial charge in [-0.1, -0.05) is 47.7 Å². The zero-order valence-electron chi connectivity index (χ0n) is 33.9. The monoisotopic (exact) mass is 930 g/mol. The van der Waals surface area contributed by atoms with Crippen molar-refractivity contribution in [1.82, 2.24) is 29.7 Å². The molecule has 0 saturated heterocycles. The molecule has 322 valence electrons. The summed E-state index contributed by atoms with van der Waals surface area (Å²) in [5.41, 5.74) is 6.43. The summed E-state index contributed by atoms with van der Waals surface area (Å²) in [6, 6.07) is 27.7. The first kappa shape index (κ1) is 57.7. The van der Waals surface area contributed by atoms with Gasteiger partial charge in [0.25, 0.3) is 0 Å². The first-order chi connectivity index (χ1) is 27.5. The summed E-state index contributed by atoms with van der Waals surface area (Å²) in [5, 5.41) is 31.7. The van der Waals surface area contributed by atoms with Gasteiger partial charge in [0.15, 0.2) is 0 Å².